The fourth-order valence-electron chi connectivity index (χ4n) is 1.75. The van der Waals surface area contributed by atoms with Crippen LogP contribution < -0.4 is 10.6 Å². The van der Waals surface area contributed by atoms with Crippen LogP contribution in [0.1, 0.15) is 31.9 Å². The van der Waals surface area contributed by atoms with Gasteiger partial charge in [-0.25, -0.2) is 4.98 Å². The predicted molar refractivity (Wildman–Crippen MR) is 77.7 cm³/mol. The highest BCUT2D eigenvalue weighted by Gasteiger charge is 2.16. The standard InChI is InChI=1S/C13H23N3S/c1-10(7-9-17-4)16(3)13-12(11(2)14)6-5-8-15-13/h5-6,8,10-11H,7,9,14H2,1-4H3. The second-order valence-electron chi connectivity index (χ2n) is 4.45. The first-order chi connectivity index (χ1) is 8.07. The number of pyridine rings is 1. The summed E-state index contributed by atoms with van der Waals surface area (Å²) in [6.45, 7) is 4.23. The van der Waals surface area contributed by atoms with Crippen LogP contribution in [0.3, 0.4) is 0 Å². The van der Waals surface area contributed by atoms with Crippen molar-refractivity contribution in [1.29, 1.82) is 0 Å². The molecule has 0 aliphatic heterocycles. The van der Waals surface area contributed by atoms with E-state index in [2.05, 4.69) is 36.2 Å². The molecule has 1 aromatic heterocycles. The Kier molecular flexibility index (Phi) is 5.78. The minimum atomic E-state index is 0.0221. The van der Waals surface area contributed by atoms with Crippen LogP contribution in [0.5, 0.6) is 0 Å². The Morgan fingerprint density at radius 3 is 2.76 bits per heavy atom. The van der Waals surface area contributed by atoms with E-state index in [1.165, 1.54) is 5.75 Å². The molecular weight excluding hydrogens is 230 g/mol. The molecule has 0 bridgehead atoms. The molecular formula is C13H23N3S. The molecule has 0 amide bonds. The molecule has 4 heteroatoms. The molecule has 17 heavy (non-hydrogen) atoms. The van der Waals surface area contributed by atoms with Crippen LogP contribution in [-0.4, -0.2) is 30.1 Å². The van der Waals surface area contributed by atoms with Gasteiger partial charge in [-0.1, -0.05) is 6.07 Å². The van der Waals surface area contributed by atoms with E-state index in [9.17, 15) is 0 Å². The molecule has 96 valence electrons. The molecule has 0 saturated carbocycles. The van der Waals surface area contributed by atoms with Crippen molar-refractivity contribution in [2.45, 2.75) is 32.4 Å². The minimum absolute atomic E-state index is 0.0221. The lowest BCUT2D eigenvalue weighted by molar-refractivity contribution is 0.653. The van der Waals surface area contributed by atoms with E-state index in [-0.39, 0.29) is 6.04 Å². The third kappa shape index (κ3) is 3.89. The topological polar surface area (TPSA) is 42.2 Å². The summed E-state index contributed by atoms with van der Waals surface area (Å²) in [4.78, 5) is 6.70. The molecule has 3 nitrogen and oxygen atoms in total. The normalized spacial score (nSPS) is 14.4. The fourth-order valence-corrected chi connectivity index (χ4v) is 2.33. The van der Waals surface area contributed by atoms with Gasteiger partial charge >= 0.3 is 0 Å². The molecule has 2 unspecified atom stereocenters. The van der Waals surface area contributed by atoms with E-state index in [0.717, 1.165) is 17.8 Å². The van der Waals surface area contributed by atoms with E-state index in [4.69, 9.17) is 5.73 Å². The minimum Gasteiger partial charge on any atom is -0.357 e. The SMILES string of the molecule is CSCCC(C)N(C)c1ncccc1C(C)N. The van der Waals surface area contributed by atoms with Gasteiger partial charge < -0.3 is 10.6 Å². The maximum absolute atomic E-state index is 5.98. The van der Waals surface area contributed by atoms with E-state index in [1.54, 1.807) is 0 Å². The highest BCUT2D eigenvalue weighted by Crippen LogP contribution is 2.23. The molecule has 0 aliphatic rings. The van der Waals surface area contributed by atoms with Gasteiger partial charge in [0, 0.05) is 30.9 Å². The van der Waals surface area contributed by atoms with Crippen LogP contribution in [-0.2, 0) is 0 Å². The van der Waals surface area contributed by atoms with Crippen molar-refractivity contribution < 1.29 is 0 Å². The number of nitrogens with two attached hydrogens (primary N) is 1. The summed E-state index contributed by atoms with van der Waals surface area (Å²) in [5.41, 5.74) is 7.10. The molecule has 0 aromatic carbocycles. The van der Waals surface area contributed by atoms with Crippen LogP contribution in [0, 0.1) is 0 Å². The summed E-state index contributed by atoms with van der Waals surface area (Å²) >= 11 is 1.88. The molecule has 0 aliphatic carbocycles. The van der Waals surface area contributed by atoms with Gasteiger partial charge in [0.25, 0.3) is 0 Å². The van der Waals surface area contributed by atoms with E-state index >= 15 is 0 Å². The molecule has 0 radical (unpaired) electrons. The van der Waals surface area contributed by atoms with Crippen LogP contribution in [0.25, 0.3) is 0 Å². The van der Waals surface area contributed by atoms with Crippen molar-refractivity contribution in [3.05, 3.63) is 23.9 Å². The van der Waals surface area contributed by atoms with Gasteiger partial charge in [-0.2, -0.15) is 11.8 Å². The Hall–Kier alpha value is -0.740. The Morgan fingerprint density at radius 2 is 2.18 bits per heavy atom. The molecule has 2 N–H and O–H groups in total. The maximum atomic E-state index is 5.98. The lowest BCUT2D eigenvalue weighted by atomic mass is 10.1. The molecule has 0 fully saturated rings. The Labute approximate surface area is 109 Å². The van der Waals surface area contributed by atoms with Crippen molar-refractivity contribution >= 4 is 17.6 Å². The Balaban J connectivity index is 2.83. The summed E-state index contributed by atoms with van der Waals surface area (Å²) < 4.78 is 0. The number of thioether (sulfide) groups is 1. The van der Waals surface area contributed by atoms with Crippen molar-refractivity contribution in [2.24, 2.45) is 5.73 Å². The summed E-state index contributed by atoms with van der Waals surface area (Å²) in [5.74, 6) is 2.18. The number of nitrogens with zero attached hydrogens (tertiary/aromatic N) is 2. The lowest BCUT2D eigenvalue weighted by Crippen LogP contribution is -2.31. The quantitative estimate of drug-likeness (QED) is 0.846. The van der Waals surface area contributed by atoms with Crippen LogP contribution in [0.2, 0.25) is 0 Å². The van der Waals surface area contributed by atoms with Gasteiger partial charge in [-0.3, -0.25) is 0 Å². The van der Waals surface area contributed by atoms with Crippen LogP contribution >= 0.6 is 11.8 Å². The monoisotopic (exact) mass is 253 g/mol. The zero-order chi connectivity index (χ0) is 12.8. The molecule has 1 rings (SSSR count). The Morgan fingerprint density at radius 1 is 1.47 bits per heavy atom. The van der Waals surface area contributed by atoms with E-state index in [0.29, 0.717) is 6.04 Å². The maximum Gasteiger partial charge on any atom is 0.133 e. The van der Waals surface area contributed by atoms with Crippen molar-refractivity contribution in [1.82, 2.24) is 4.98 Å². The summed E-state index contributed by atoms with van der Waals surface area (Å²) in [6, 6.07) is 4.51. The van der Waals surface area contributed by atoms with Gasteiger partial charge in [0.05, 0.1) is 0 Å². The first-order valence-corrected chi connectivity index (χ1v) is 7.39. The van der Waals surface area contributed by atoms with E-state index < -0.39 is 0 Å². The second kappa shape index (κ2) is 6.87. The summed E-state index contributed by atoms with van der Waals surface area (Å²) in [6.07, 6.45) is 5.13. The molecule has 1 aromatic rings. The van der Waals surface area contributed by atoms with Crippen LogP contribution in [0.4, 0.5) is 5.82 Å². The molecule has 1 heterocycles. The Bertz CT molecular complexity index is 341. The first kappa shape index (κ1) is 14.3. The average molecular weight is 253 g/mol. The van der Waals surface area contributed by atoms with Crippen LogP contribution in [0.15, 0.2) is 18.3 Å². The smallest absolute Gasteiger partial charge is 0.133 e. The lowest BCUT2D eigenvalue weighted by Gasteiger charge is -2.28. The molecule has 2 atom stereocenters. The van der Waals surface area contributed by atoms with E-state index in [1.807, 2.05) is 30.9 Å². The van der Waals surface area contributed by atoms with Gasteiger partial charge in [0.1, 0.15) is 5.82 Å². The molecule has 0 spiro atoms. The highest BCUT2D eigenvalue weighted by molar-refractivity contribution is 7.98. The number of hydrogen-bond donors (Lipinski definition) is 1. The van der Waals surface area contributed by atoms with Crippen molar-refractivity contribution in [2.75, 3.05) is 24.0 Å². The fraction of sp³-hybridized carbons (Fsp3) is 0.615. The number of hydrogen-bond acceptors (Lipinski definition) is 4. The third-order valence-electron chi connectivity index (χ3n) is 3.04. The van der Waals surface area contributed by atoms with Gasteiger partial charge in [-0.15, -0.1) is 0 Å². The summed E-state index contributed by atoms with van der Waals surface area (Å²) in [5, 5.41) is 0. The van der Waals surface area contributed by atoms with Gasteiger partial charge in [0.15, 0.2) is 0 Å². The first-order valence-electron chi connectivity index (χ1n) is 6.00. The molecule has 0 saturated heterocycles. The highest BCUT2D eigenvalue weighted by atomic mass is 32.2. The second-order valence-corrected chi connectivity index (χ2v) is 5.43. The number of rotatable bonds is 6. The largest absolute Gasteiger partial charge is 0.357 e. The number of aromatic nitrogens is 1. The van der Waals surface area contributed by atoms with Crippen molar-refractivity contribution in [3.8, 4) is 0 Å². The average Bonchev–Trinajstić information content (AvgIpc) is 2.34. The van der Waals surface area contributed by atoms with Gasteiger partial charge in [0.2, 0.25) is 0 Å². The zero-order valence-electron chi connectivity index (χ0n) is 11.2. The third-order valence-corrected chi connectivity index (χ3v) is 3.69. The summed E-state index contributed by atoms with van der Waals surface area (Å²) in [7, 11) is 2.10. The predicted octanol–water partition coefficient (Wildman–Crippen LogP) is 2.68. The van der Waals surface area contributed by atoms with Gasteiger partial charge in [-0.05, 0) is 38.3 Å². The van der Waals surface area contributed by atoms with Crippen molar-refractivity contribution in [3.63, 3.8) is 0 Å². The zero-order valence-corrected chi connectivity index (χ0v) is 12.0. The number of anilines is 1.